The number of nitrogens with zero attached hydrogens (tertiary/aromatic N) is 2. The van der Waals surface area contributed by atoms with Crippen molar-refractivity contribution < 1.29 is 14.3 Å². The molecule has 7 heteroatoms. The summed E-state index contributed by atoms with van der Waals surface area (Å²) in [6.45, 7) is 2.05. The van der Waals surface area contributed by atoms with E-state index in [2.05, 4.69) is 34.6 Å². The third kappa shape index (κ3) is 5.25. The van der Waals surface area contributed by atoms with Crippen LogP contribution < -0.4 is 14.8 Å². The van der Waals surface area contributed by atoms with Gasteiger partial charge in [0.25, 0.3) is 5.91 Å². The van der Waals surface area contributed by atoms with Crippen LogP contribution in [0.1, 0.15) is 21.6 Å². The Hall–Kier alpha value is -3.63. The second kappa shape index (κ2) is 9.72. The Bertz CT molecular complexity index is 1110. The Kier molecular flexibility index (Phi) is 6.83. The lowest BCUT2D eigenvalue weighted by Gasteiger charge is -2.08. The van der Waals surface area contributed by atoms with Crippen LogP contribution in [0, 0.1) is 18.3 Å². The number of carbonyl (C=O) groups is 1. The van der Waals surface area contributed by atoms with Gasteiger partial charge in [-0.15, -0.1) is 11.3 Å². The molecule has 1 amide bonds. The summed E-state index contributed by atoms with van der Waals surface area (Å²) in [6.07, 6.45) is 3.97. The number of aromatic nitrogens is 1. The first-order valence-corrected chi connectivity index (χ1v) is 9.99. The molecule has 1 heterocycles. The molecule has 2 aromatic carbocycles. The standard InChI is InChI=1S/C23H21N3O3S/c1-15-4-6-16(7-5-15)11-19-14-25-23(30-19)26-22(27)18(13-24)10-17-8-9-20(28-2)21(12-17)29-3/h4-10,12,14H,11H2,1-3H3,(H,25,26,27)/b18-10+. The number of hydrogen-bond acceptors (Lipinski definition) is 6. The summed E-state index contributed by atoms with van der Waals surface area (Å²) in [6, 6.07) is 15.4. The number of anilines is 1. The molecule has 0 saturated carbocycles. The summed E-state index contributed by atoms with van der Waals surface area (Å²) in [5.74, 6) is 0.578. The minimum Gasteiger partial charge on any atom is -0.493 e. The molecule has 0 atom stereocenters. The fourth-order valence-electron chi connectivity index (χ4n) is 2.78. The Morgan fingerprint density at radius 1 is 1.17 bits per heavy atom. The Morgan fingerprint density at radius 2 is 1.90 bits per heavy atom. The van der Waals surface area contributed by atoms with Gasteiger partial charge in [0, 0.05) is 17.5 Å². The quantitative estimate of drug-likeness (QED) is 0.447. The average molecular weight is 420 g/mol. The highest BCUT2D eigenvalue weighted by atomic mass is 32.1. The minimum absolute atomic E-state index is 0.0301. The molecule has 0 spiro atoms. The molecule has 0 aliphatic rings. The largest absolute Gasteiger partial charge is 0.493 e. The lowest BCUT2D eigenvalue weighted by molar-refractivity contribution is -0.112. The van der Waals surface area contributed by atoms with Crippen molar-refractivity contribution >= 4 is 28.5 Å². The molecule has 6 nitrogen and oxygen atoms in total. The Balaban J connectivity index is 1.71. The van der Waals surface area contributed by atoms with Crippen molar-refractivity contribution in [1.82, 2.24) is 4.98 Å². The Labute approximate surface area is 179 Å². The molecule has 0 aliphatic heterocycles. The van der Waals surface area contributed by atoms with Gasteiger partial charge in [-0.3, -0.25) is 10.1 Å². The second-order valence-electron chi connectivity index (χ2n) is 6.53. The molecule has 0 radical (unpaired) electrons. The number of thiazole rings is 1. The lowest BCUT2D eigenvalue weighted by Crippen LogP contribution is -2.13. The second-order valence-corrected chi connectivity index (χ2v) is 7.65. The third-order valence-electron chi connectivity index (χ3n) is 4.36. The van der Waals surface area contributed by atoms with Crippen LogP contribution in [0.3, 0.4) is 0 Å². The fourth-order valence-corrected chi connectivity index (χ4v) is 3.62. The average Bonchev–Trinajstić information content (AvgIpc) is 3.19. The van der Waals surface area contributed by atoms with E-state index in [1.807, 2.05) is 13.0 Å². The van der Waals surface area contributed by atoms with Gasteiger partial charge in [-0.25, -0.2) is 4.98 Å². The molecule has 0 aliphatic carbocycles. The van der Waals surface area contributed by atoms with Crippen molar-refractivity contribution in [2.24, 2.45) is 0 Å². The van der Waals surface area contributed by atoms with Crippen molar-refractivity contribution in [3.8, 4) is 17.6 Å². The number of ether oxygens (including phenoxy) is 2. The van der Waals surface area contributed by atoms with Crippen LogP contribution in [0.5, 0.6) is 11.5 Å². The van der Waals surface area contributed by atoms with E-state index in [1.165, 1.54) is 35.6 Å². The number of amides is 1. The zero-order chi connectivity index (χ0) is 21.5. The fraction of sp³-hybridized carbons (Fsp3) is 0.174. The third-order valence-corrected chi connectivity index (χ3v) is 5.27. The molecule has 30 heavy (non-hydrogen) atoms. The van der Waals surface area contributed by atoms with Gasteiger partial charge >= 0.3 is 0 Å². The van der Waals surface area contributed by atoms with E-state index in [-0.39, 0.29) is 5.57 Å². The normalized spacial score (nSPS) is 10.9. The van der Waals surface area contributed by atoms with Crippen molar-refractivity contribution in [3.05, 3.63) is 75.8 Å². The van der Waals surface area contributed by atoms with E-state index in [0.717, 1.165) is 11.3 Å². The lowest BCUT2D eigenvalue weighted by atomic mass is 10.1. The zero-order valence-corrected chi connectivity index (χ0v) is 17.7. The maximum Gasteiger partial charge on any atom is 0.268 e. The van der Waals surface area contributed by atoms with Crippen molar-refractivity contribution in [1.29, 1.82) is 5.26 Å². The van der Waals surface area contributed by atoms with Crippen LogP contribution in [0.4, 0.5) is 5.13 Å². The first kappa shape index (κ1) is 21.1. The number of nitrogens with one attached hydrogen (secondary N) is 1. The number of rotatable bonds is 7. The minimum atomic E-state index is -0.511. The van der Waals surface area contributed by atoms with E-state index in [0.29, 0.717) is 22.2 Å². The maximum atomic E-state index is 12.5. The predicted molar refractivity (Wildman–Crippen MR) is 118 cm³/mol. The highest BCUT2D eigenvalue weighted by molar-refractivity contribution is 7.15. The summed E-state index contributed by atoms with van der Waals surface area (Å²) in [4.78, 5) is 17.8. The zero-order valence-electron chi connectivity index (χ0n) is 16.9. The number of carbonyl (C=O) groups excluding carboxylic acids is 1. The van der Waals surface area contributed by atoms with E-state index >= 15 is 0 Å². The molecule has 3 aromatic rings. The van der Waals surface area contributed by atoms with Gasteiger partial charge in [-0.05, 0) is 36.3 Å². The van der Waals surface area contributed by atoms with E-state index in [9.17, 15) is 10.1 Å². The van der Waals surface area contributed by atoms with E-state index in [1.54, 1.807) is 31.5 Å². The summed E-state index contributed by atoms with van der Waals surface area (Å²) < 4.78 is 10.5. The molecule has 0 bridgehead atoms. The van der Waals surface area contributed by atoms with Gasteiger partial charge in [0.2, 0.25) is 0 Å². The number of methoxy groups -OCH3 is 2. The van der Waals surface area contributed by atoms with Gasteiger partial charge in [-0.1, -0.05) is 35.9 Å². The summed E-state index contributed by atoms with van der Waals surface area (Å²) in [7, 11) is 3.07. The first-order valence-electron chi connectivity index (χ1n) is 9.18. The molecular weight excluding hydrogens is 398 g/mol. The number of hydrogen-bond donors (Lipinski definition) is 1. The van der Waals surface area contributed by atoms with E-state index < -0.39 is 5.91 Å². The number of aryl methyl sites for hydroxylation is 1. The highest BCUT2D eigenvalue weighted by Gasteiger charge is 2.13. The van der Waals surface area contributed by atoms with Crippen LogP contribution in [-0.4, -0.2) is 25.1 Å². The van der Waals surface area contributed by atoms with Crippen molar-refractivity contribution in [2.75, 3.05) is 19.5 Å². The van der Waals surface area contributed by atoms with Gasteiger partial charge in [0.05, 0.1) is 14.2 Å². The summed E-state index contributed by atoms with van der Waals surface area (Å²) in [5, 5.41) is 12.6. The predicted octanol–water partition coefficient (Wildman–Crippen LogP) is 4.61. The van der Waals surface area contributed by atoms with Crippen molar-refractivity contribution in [2.45, 2.75) is 13.3 Å². The summed E-state index contributed by atoms with van der Waals surface area (Å²) in [5.41, 5.74) is 3.01. The molecule has 152 valence electrons. The molecule has 0 unspecified atom stereocenters. The number of benzene rings is 2. The van der Waals surface area contributed by atoms with Crippen LogP contribution >= 0.6 is 11.3 Å². The summed E-state index contributed by atoms with van der Waals surface area (Å²) >= 11 is 1.39. The maximum absolute atomic E-state index is 12.5. The van der Waals surface area contributed by atoms with Crippen LogP contribution in [0.25, 0.3) is 6.08 Å². The molecule has 3 rings (SSSR count). The SMILES string of the molecule is COc1ccc(/C=C(\C#N)C(=O)Nc2ncc(Cc3ccc(C)cc3)s2)cc1OC. The van der Waals surface area contributed by atoms with E-state index in [4.69, 9.17) is 9.47 Å². The Morgan fingerprint density at radius 3 is 2.57 bits per heavy atom. The first-order chi connectivity index (χ1) is 14.5. The van der Waals surface area contributed by atoms with Gasteiger partial charge < -0.3 is 9.47 Å². The molecule has 1 aromatic heterocycles. The number of nitriles is 1. The highest BCUT2D eigenvalue weighted by Crippen LogP contribution is 2.28. The van der Waals surface area contributed by atoms with Crippen LogP contribution in [0.15, 0.2) is 54.2 Å². The monoisotopic (exact) mass is 419 g/mol. The molecule has 0 saturated heterocycles. The van der Waals surface area contributed by atoms with Crippen LogP contribution in [-0.2, 0) is 11.2 Å². The topological polar surface area (TPSA) is 84.2 Å². The smallest absolute Gasteiger partial charge is 0.268 e. The molecule has 1 N–H and O–H groups in total. The van der Waals surface area contributed by atoms with Gasteiger partial charge in [0.1, 0.15) is 11.6 Å². The van der Waals surface area contributed by atoms with Crippen molar-refractivity contribution in [3.63, 3.8) is 0 Å². The molecule has 0 fully saturated rings. The molecular formula is C23H21N3O3S. The van der Waals surface area contributed by atoms with Gasteiger partial charge in [-0.2, -0.15) is 5.26 Å². The van der Waals surface area contributed by atoms with Crippen LogP contribution in [0.2, 0.25) is 0 Å². The van der Waals surface area contributed by atoms with Gasteiger partial charge in [0.15, 0.2) is 16.6 Å².